The third kappa shape index (κ3) is 1.96. The van der Waals surface area contributed by atoms with Crippen LogP contribution in [0.4, 0.5) is 0 Å². The molecule has 3 rings (SSSR count). The fraction of sp³-hybridized carbons (Fsp3) is 0.429. The quantitative estimate of drug-likeness (QED) is 0.877. The lowest BCUT2D eigenvalue weighted by Gasteiger charge is -2.14. The van der Waals surface area contributed by atoms with Gasteiger partial charge >= 0.3 is 0 Å². The molecular formula is C14H18N2O. The van der Waals surface area contributed by atoms with E-state index in [0.29, 0.717) is 6.54 Å². The Hall–Kier alpha value is -1.32. The number of hydrogen-bond donors (Lipinski definition) is 1. The first-order valence-electron chi connectivity index (χ1n) is 6.19. The molecule has 1 heterocycles. The molecule has 3 nitrogen and oxygen atoms in total. The summed E-state index contributed by atoms with van der Waals surface area (Å²) in [5.41, 5.74) is 7.96. The summed E-state index contributed by atoms with van der Waals surface area (Å²) in [5.74, 6) is 1.03. The zero-order chi connectivity index (χ0) is 11.8. The normalized spacial score (nSPS) is 15.9. The fourth-order valence-corrected chi connectivity index (χ4v) is 2.37. The van der Waals surface area contributed by atoms with E-state index in [2.05, 4.69) is 18.0 Å². The van der Waals surface area contributed by atoms with Gasteiger partial charge in [-0.2, -0.15) is 0 Å². The minimum Gasteiger partial charge on any atom is -0.459 e. The minimum atomic E-state index is 0.546. The van der Waals surface area contributed by atoms with Gasteiger partial charge in [0.2, 0.25) is 0 Å². The average Bonchev–Trinajstić information content (AvgIpc) is 3.11. The number of benzene rings is 1. The number of nitrogens with two attached hydrogens (primary N) is 1. The molecule has 2 N–H and O–H groups in total. The van der Waals surface area contributed by atoms with Crippen molar-refractivity contribution >= 4 is 11.0 Å². The molecule has 1 aliphatic carbocycles. The third-order valence-corrected chi connectivity index (χ3v) is 3.55. The molecule has 3 heteroatoms. The zero-order valence-electron chi connectivity index (χ0n) is 10.1. The van der Waals surface area contributed by atoms with E-state index in [1.54, 1.807) is 0 Å². The van der Waals surface area contributed by atoms with Crippen molar-refractivity contribution in [2.24, 2.45) is 5.73 Å². The highest BCUT2D eigenvalue weighted by Gasteiger charge is 2.27. The largest absolute Gasteiger partial charge is 0.459 e. The van der Waals surface area contributed by atoms with Crippen LogP contribution >= 0.6 is 0 Å². The second-order valence-corrected chi connectivity index (χ2v) is 4.85. The Morgan fingerprint density at radius 3 is 2.82 bits per heavy atom. The lowest BCUT2D eigenvalue weighted by molar-refractivity contribution is 0.288. The van der Waals surface area contributed by atoms with Crippen LogP contribution in [-0.4, -0.2) is 18.0 Å². The first-order valence-corrected chi connectivity index (χ1v) is 6.19. The maximum atomic E-state index is 5.92. The second-order valence-electron chi connectivity index (χ2n) is 4.85. The lowest BCUT2D eigenvalue weighted by Crippen LogP contribution is -2.20. The molecule has 0 saturated heterocycles. The second kappa shape index (κ2) is 4.17. The van der Waals surface area contributed by atoms with Crippen molar-refractivity contribution < 1.29 is 4.42 Å². The van der Waals surface area contributed by atoms with Gasteiger partial charge in [0.05, 0.1) is 6.54 Å². The van der Waals surface area contributed by atoms with E-state index >= 15 is 0 Å². The van der Waals surface area contributed by atoms with Crippen LogP contribution in [0, 0.1) is 0 Å². The Balaban J connectivity index is 1.96. The summed E-state index contributed by atoms with van der Waals surface area (Å²) in [5, 5.41) is 1.16. The van der Waals surface area contributed by atoms with Crippen molar-refractivity contribution in [3.05, 3.63) is 35.6 Å². The van der Waals surface area contributed by atoms with Crippen LogP contribution in [-0.2, 0) is 13.1 Å². The minimum absolute atomic E-state index is 0.546. The van der Waals surface area contributed by atoms with E-state index in [0.717, 1.165) is 34.9 Å². The van der Waals surface area contributed by atoms with Crippen molar-refractivity contribution in [2.45, 2.75) is 32.0 Å². The molecule has 1 saturated carbocycles. The summed E-state index contributed by atoms with van der Waals surface area (Å²) in [4.78, 5) is 2.36. The summed E-state index contributed by atoms with van der Waals surface area (Å²) in [6.45, 7) is 1.41. The standard InChI is InChI=1S/C14H18N2O/c1-16(10-6-7-10)9-14-12(8-15)11-4-2-3-5-13(11)17-14/h2-5,10H,6-9,15H2,1H3. The van der Waals surface area contributed by atoms with Gasteiger partial charge in [-0.15, -0.1) is 0 Å². The van der Waals surface area contributed by atoms with Crippen molar-refractivity contribution in [3.63, 3.8) is 0 Å². The van der Waals surface area contributed by atoms with E-state index < -0.39 is 0 Å². The van der Waals surface area contributed by atoms with Crippen molar-refractivity contribution in [1.29, 1.82) is 0 Å². The molecule has 90 valence electrons. The summed E-state index contributed by atoms with van der Waals surface area (Å²) in [7, 11) is 2.16. The Bertz CT molecular complexity index is 528. The first kappa shape index (κ1) is 10.8. The number of rotatable bonds is 4. The summed E-state index contributed by atoms with van der Waals surface area (Å²) < 4.78 is 5.92. The molecule has 0 spiro atoms. The van der Waals surface area contributed by atoms with E-state index in [4.69, 9.17) is 10.2 Å². The summed E-state index contributed by atoms with van der Waals surface area (Å²) >= 11 is 0. The van der Waals surface area contributed by atoms with Crippen molar-refractivity contribution in [3.8, 4) is 0 Å². The van der Waals surface area contributed by atoms with E-state index in [-0.39, 0.29) is 0 Å². The number of nitrogens with zero attached hydrogens (tertiary/aromatic N) is 1. The molecule has 0 amide bonds. The van der Waals surface area contributed by atoms with E-state index in [1.165, 1.54) is 12.8 Å². The lowest BCUT2D eigenvalue weighted by atomic mass is 10.1. The van der Waals surface area contributed by atoms with Crippen LogP contribution < -0.4 is 5.73 Å². The summed E-state index contributed by atoms with van der Waals surface area (Å²) in [6.07, 6.45) is 2.63. The van der Waals surface area contributed by atoms with Crippen LogP contribution in [0.25, 0.3) is 11.0 Å². The predicted molar refractivity (Wildman–Crippen MR) is 68.6 cm³/mol. The van der Waals surface area contributed by atoms with E-state index in [1.807, 2.05) is 18.2 Å². The molecule has 1 fully saturated rings. The molecule has 0 aliphatic heterocycles. The topological polar surface area (TPSA) is 42.4 Å². The maximum absolute atomic E-state index is 5.92. The molecule has 17 heavy (non-hydrogen) atoms. The third-order valence-electron chi connectivity index (χ3n) is 3.55. The molecule has 0 bridgehead atoms. The Labute approximate surface area is 101 Å². The first-order chi connectivity index (χ1) is 8.29. The molecule has 0 atom stereocenters. The molecule has 2 aromatic rings. The predicted octanol–water partition coefficient (Wildman–Crippen LogP) is 2.49. The highest BCUT2D eigenvalue weighted by Crippen LogP contribution is 2.30. The average molecular weight is 230 g/mol. The van der Waals surface area contributed by atoms with Gasteiger partial charge < -0.3 is 10.2 Å². The van der Waals surface area contributed by atoms with Crippen LogP contribution in [0.15, 0.2) is 28.7 Å². The van der Waals surface area contributed by atoms with Gasteiger partial charge in [-0.25, -0.2) is 0 Å². The zero-order valence-corrected chi connectivity index (χ0v) is 10.1. The van der Waals surface area contributed by atoms with Crippen molar-refractivity contribution in [1.82, 2.24) is 4.90 Å². The monoisotopic (exact) mass is 230 g/mol. The number of furan rings is 1. The van der Waals surface area contributed by atoms with Gasteiger partial charge in [0, 0.05) is 23.5 Å². The molecule has 0 radical (unpaired) electrons. The molecule has 1 aromatic carbocycles. The Morgan fingerprint density at radius 1 is 1.35 bits per heavy atom. The number of fused-ring (bicyclic) bond motifs is 1. The van der Waals surface area contributed by atoms with Gasteiger partial charge in [-0.1, -0.05) is 18.2 Å². The van der Waals surface area contributed by atoms with Crippen LogP contribution in [0.5, 0.6) is 0 Å². The molecular weight excluding hydrogens is 212 g/mol. The Morgan fingerprint density at radius 2 is 2.12 bits per heavy atom. The number of hydrogen-bond acceptors (Lipinski definition) is 3. The van der Waals surface area contributed by atoms with E-state index in [9.17, 15) is 0 Å². The highest BCUT2D eigenvalue weighted by atomic mass is 16.3. The van der Waals surface area contributed by atoms with Crippen molar-refractivity contribution in [2.75, 3.05) is 7.05 Å². The van der Waals surface area contributed by atoms with Crippen LogP contribution in [0.1, 0.15) is 24.2 Å². The molecule has 1 aromatic heterocycles. The molecule has 0 unspecified atom stereocenters. The highest BCUT2D eigenvalue weighted by molar-refractivity contribution is 5.82. The van der Waals surface area contributed by atoms with Gasteiger partial charge in [0.15, 0.2) is 0 Å². The number of para-hydroxylation sites is 1. The Kier molecular flexibility index (Phi) is 2.65. The van der Waals surface area contributed by atoms with Crippen LogP contribution in [0.2, 0.25) is 0 Å². The van der Waals surface area contributed by atoms with Crippen LogP contribution in [0.3, 0.4) is 0 Å². The SMILES string of the molecule is CN(Cc1oc2ccccc2c1CN)C1CC1. The van der Waals surface area contributed by atoms with Gasteiger partial charge in [0.25, 0.3) is 0 Å². The van der Waals surface area contributed by atoms with Gasteiger partial charge in [-0.3, -0.25) is 4.90 Å². The maximum Gasteiger partial charge on any atom is 0.134 e. The van der Waals surface area contributed by atoms with Gasteiger partial charge in [-0.05, 0) is 26.0 Å². The molecule has 1 aliphatic rings. The fourth-order valence-electron chi connectivity index (χ4n) is 2.37. The van der Waals surface area contributed by atoms with Gasteiger partial charge in [0.1, 0.15) is 11.3 Å². The smallest absolute Gasteiger partial charge is 0.134 e. The summed E-state index contributed by atoms with van der Waals surface area (Å²) in [6, 6.07) is 8.87.